The van der Waals surface area contributed by atoms with Crippen molar-refractivity contribution in [2.75, 3.05) is 6.61 Å². The fourth-order valence-corrected chi connectivity index (χ4v) is 8.86. The summed E-state index contributed by atoms with van der Waals surface area (Å²) in [5.41, 5.74) is 3.18. The molecule has 3 aromatic rings. The van der Waals surface area contributed by atoms with Crippen LogP contribution >= 0.6 is 8.25 Å². The second kappa shape index (κ2) is 14.4. The minimum absolute atomic E-state index is 0.335. The number of rotatable bonds is 12. The van der Waals surface area contributed by atoms with Gasteiger partial charge in [0.2, 0.25) is 0 Å². The number of hydrogen-bond acceptors (Lipinski definition) is 5. The summed E-state index contributed by atoms with van der Waals surface area (Å²) in [5, 5.41) is 11.2. The van der Waals surface area contributed by atoms with Gasteiger partial charge in [-0.3, -0.25) is 0 Å². The number of benzene rings is 3. The molecule has 1 saturated heterocycles. The van der Waals surface area contributed by atoms with Crippen LogP contribution in [-0.4, -0.2) is 42.2 Å². The van der Waals surface area contributed by atoms with E-state index in [0.717, 1.165) is 20.6 Å². The molecular formula is C28H31ClHgO5. The van der Waals surface area contributed by atoms with Gasteiger partial charge < -0.3 is 0 Å². The van der Waals surface area contributed by atoms with Gasteiger partial charge in [-0.1, -0.05) is 0 Å². The zero-order chi connectivity index (χ0) is 24.3. The van der Waals surface area contributed by atoms with Crippen LogP contribution in [0.15, 0.2) is 91.0 Å². The summed E-state index contributed by atoms with van der Waals surface area (Å²) in [4.78, 5) is 0. The summed E-state index contributed by atoms with van der Waals surface area (Å²) in [6, 6.07) is 30.0. The number of aliphatic hydroxyl groups excluding tert-OH is 1. The number of hydrogen-bond donors (Lipinski definition) is 1. The Morgan fingerprint density at radius 2 is 1.17 bits per heavy atom. The van der Waals surface area contributed by atoms with Gasteiger partial charge in [0, 0.05) is 0 Å². The van der Waals surface area contributed by atoms with Crippen LogP contribution in [0.2, 0.25) is 3.93 Å². The molecule has 4 rings (SSSR count). The van der Waals surface area contributed by atoms with Crippen LogP contribution < -0.4 is 0 Å². The molecular weight excluding hydrogens is 652 g/mol. The van der Waals surface area contributed by atoms with Gasteiger partial charge in [-0.25, -0.2) is 0 Å². The van der Waals surface area contributed by atoms with Gasteiger partial charge in [0.15, 0.2) is 0 Å². The number of ether oxygens (including phenoxy) is 4. The molecule has 1 heterocycles. The molecule has 7 heteroatoms. The predicted molar refractivity (Wildman–Crippen MR) is 131 cm³/mol. The molecule has 1 aliphatic rings. The standard InChI is InChI=1S/C28H31O5.ClH.Hg/c1-21-26(29)28(32-19-24-15-9-4-10-16-24)27(31-18-23-13-7-3-8-14-23)25(33-21)20-30-17-22-11-5-2-6-12-22;;/h2-16,21,25-29H,1,17-20H2;1H;/q;;+1/p-1. The Bertz CT molecular complexity index is 978. The summed E-state index contributed by atoms with van der Waals surface area (Å²) in [5.74, 6) is 0. The van der Waals surface area contributed by atoms with Crippen LogP contribution in [0.25, 0.3) is 0 Å². The molecule has 0 saturated carbocycles. The van der Waals surface area contributed by atoms with E-state index in [-0.39, 0.29) is 12.2 Å². The third-order valence-corrected chi connectivity index (χ3v) is 11.1. The van der Waals surface area contributed by atoms with Gasteiger partial charge in [0.05, 0.1) is 0 Å². The van der Waals surface area contributed by atoms with E-state index in [0.29, 0.717) is 26.4 Å². The Morgan fingerprint density at radius 3 is 1.69 bits per heavy atom. The Balaban J connectivity index is 1.50. The van der Waals surface area contributed by atoms with Crippen molar-refractivity contribution in [1.82, 2.24) is 0 Å². The van der Waals surface area contributed by atoms with E-state index in [2.05, 4.69) is 0 Å². The van der Waals surface area contributed by atoms with Crippen LogP contribution in [0.3, 0.4) is 0 Å². The van der Waals surface area contributed by atoms with Crippen LogP contribution in [-0.2, 0) is 62.1 Å². The molecule has 0 aromatic heterocycles. The fraction of sp³-hybridized carbons (Fsp3) is 0.357. The Kier molecular flexibility index (Phi) is 11.0. The average molecular weight is 684 g/mol. The zero-order valence-corrected chi connectivity index (χ0v) is 26.0. The van der Waals surface area contributed by atoms with E-state index in [4.69, 9.17) is 27.2 Å². The Hall–Kier alpha value is -1.31. The molecule has 3 aromatic carbocycles. The topological polar surface area (TPSA) is 57.2 Å². The van der Waals surface area contributed by atoms with Crippen LogP contribution in [0.5, 0.6) is 0 Å². The second-order valence-corrected chi connectivity index (χ2v) is 15.7. The van der Waals surface area contributed by atoms with E-state index in [1.807, 2.05) is 91.0 Å². The van der Waals surface area contributed by atoms with Crippen molar-refractivity contribution < 1.29 is 47.4 Å². The normalized spacial score (nSPS) is 24.1. The predicted octanol–water partition coefficient (Wildman–Crippen LogP) is 5.16. The third-order valence-electron chi connectivity index (χ3n) is 6.12. The maximum absolute atomic E-state index is 11.2. The molecule has 0 aliphatic carbocycles. The van der Waals surface area contributed by atoms with Crippen molar-refractivity contribution in [1.29, 1.82) is 0 Å². The van der Waals surface area contributed by atoms with E-state index in [1.165, 1.54) is 0 Å². The number of halogens is 1. The van der Waals surface area contributed by atoms with Crippen molar-refractivity contribution in [3.05, 3.63) is 108 Å². The molecule has 0 radical (unpaired) electrons. The van der Waals surface area contributed by atoms with E-state index in [9.17, 15) is 5.11 Å². The molecule has 182 valence electrons. The van der Waals surface area contributed by atoms with Gasteiger partial charge in [0.1, 0.15) is 0 Å². The van der Waals surface area contributed by atoms with Crippen molar-refractivity contribution >= 4 is 8.25 Å². The molecule has 1 aliphatic heterocycles. The molecule has 1 fully saturated rings. The first-order valence-corrected chi connectivity index (χ1v) is 22.7. The number of aliphatic hydroxyl groups is 1. The summed E-state index contributed by atoms with van der Waals surface area (Å²) in [6.45, 7) is 1.58. The first kappa shape index (κ1) is 26.7. The molecule has 0 bridgehead atoms. The second-order valence-electron chi connectivity index (χ2n) is 8.70. The zero-order valence-electron chi connectivity index (χ0n) is 19.7. The van der Waals surface area contributed by atoms with Crippen LogP contribution in [0.4, 0.5) is 0 Å². The van der Waals surface area contributed by atoms with Crippen molar-refractivity contribution in [2.45, 2.75) is 54.3 Å². The maximum atomic E-state index is 11.2. The van der Waals surface area contributed by atoms with Gasteiger partial charge in [0.25, 0.3) is 0 Å². The van der Waals surface area contributed by atoms with E-state index in [1.54, 1.807) is 0 Å². The molecule has 0 spiro atoms. The fourth-order valence-electron chi connectivity index (χ4n) is 4.28. The minimum atomic E-state index is -1.59. The quantitative estimate of drug-likeness (QED) is 0.268. The first-order chi connectivity index (χ1) is 17.2. The first-order valence-electron chi connectivity index (χ1n) is 12.1. The molecule has 5 unspecified atom stereocenters. The van der Waals surface area contributed by atoms with Crippen molar-refractivity contribution in [3.63, 3.8) is 0 Å². The third kappa shape index (κ3) is 8.09. The van der Waals surface area contributed by atoms with Crippen LogP contribution in [0.1, 0.15) is 16.7 Å². The van der Waals surface area contributed by atoms with Crippen molar-refractivity contribution in [2.24, 2.45) is 0 Å². The summed E-state index contributed by atoms with van der Waals surface area (Å²) >= 11 is -1.59. The monoisotopic (exact) mass is 684 g/mol. The summed E-state index contributed by atoms with van der Waals surface area (Å²) < 4.78 is 25.8. The van der Waals surface area contributed by atoms with Gasteiger partial charge >= 0.3 is 224 Å². The molecule has 5 nitrogen and oxygen atoms in total. The van der Waals surface area contributed by atoms with Crippen molar-refractivity contribution in [3.8, 4) is 0 Å². The average Bonchev–Trinajstić information content (AvgIpc) is 2.90. The van der Waals surface area contributed by atoms with Gasteiger partial charge in [-0.2, -0.15) is 0 Å². The van der Waals surface area contributed by atoms with Crippen LogP contribution in [0, 0.1) is 0 Å². The summed E-state index contributed by atoms with van der Waals surface area (Å²) in [7, 11) is 6.26. The van der Waals surface area contributed by atoms with E-state index < -0.39 is 41.7 Å². The molecule has 1 N–H and O–H groups in total. The summed E-state index contributed by atoms with van der Waals surface area (Å²) in [6.07, 6.45) is -2.61. The van der Waals surface area contributed by atoms with E-state index >= 15 is 0 Å². The molecule has 0 amide bonds. The molecule has 5 atom stereocenters. The molecule has 35 heavy (non-hydrogen) atoms. The van der Waals surface area contributed by atoms with Gasteiger partial charge in [-0.05, 0) is 0 Å². The SMILES string of the molecule is OC1C([CH2][Hg][Cl])OC(COCc2ccccc2)C(OCc2ccccc2)C1OCc1ccccc1. The Morgan fingerprint density at radius 1 is 0.686 bits per heavy atom. The van der Waals surface area contributed by atoms with Gasteiger partial charge in [-0.15, -0.1) is 0 Å². The Labute approximate surface area is 223 Å².